The van der Waals surface area contributed by atoms with Crippen molar-refractivity contribution >= 4 is 11.8 Å². The first-order chi connectivity index (χ1) is 13.0. The monoisotopic (exact) mass is 381 g/mol. The molecule has 0 bridgehead atoms. The van der Waals surface area contributed by atoms with Gasteiger partial charge in [0.2, 0.25) is 5.91 Å². The Morgan fingerprint density at radius 1 is 1.11 bits per heavy atom. The number of amides is 2. The molecule has 0 heterocycles. The predicted molar refractivity (Wildman–Crippen MR) is 113 cm³/mol. The first kappa shape index (κ1) is 27.3. The molecule has 0 aliphatic rings. The summed E-state index contributed by atoms with van der Waals surface area (Å²) in [6.07, 6.45) is 4.72. The molecular formula is C21H39N3O3. The van der Waals surface area contributed by atoms with Crippen LogP contribution >= 0.6 is 0 Å². The van der Waals surface area contributed by atoms with Crippen LogP contribution in [-0.2, 0) is 9.53 Å². The van der Waals surface area contributed by atoms with Crippen molar-refractivity contribution < 1.29 is 14.3 Å². The predicted octanol–water partition coefficient (Wildman–Crippen LogP) is 3.12. The van der Waals surface area contributed by atoms with E-state index in [2.05, 4.69) is 31.4 Å². The Labute approximate surface area is 165 Å². The molecule has 156 valence electrons. The van der Waals surface area contributed by atoms with Gasteiger partial charge >= 0.3 is 0 Å². The number of carbonyl (C=O) groups excluding carboxylic acids is 2. The molecule has 6 heteroatoms. The molecule has 0 saturated carbocycles. The van der Waals surface area contributed by atoms with E-state index >= 15 is 0 Å². The summed E-state index contributed by atoms with van der Waals surface area (Å²) in [5.74, 6) is -0.406. The quantitative estimate of drug-likeness (QED) is 0.543. The van der Waals surface area contributed by atoms with E-state index in [-0.39, 0.29) is 17.9 Å². The summed E-state index contributed by atoms with van der Waals surface area (Å²) in [7, 11) is 3.43. The summed E-state index contributed by atoms with van der Waals surface area (Å²) >= 11 is 0. The molecule has 1 rings (SSSR count). The fourth-order valence-electron chi connectivity index (χ4n) is 2.00. The van der Waals surface area contributed by atoms with E-state index in [1.807, 2.05) is 18.2 Å². The zero-order valence-electron chi connectivity index (χ0n) is 17.7. The lowest BCUT2D eigenvalue weighted by Crippen LogP contribution is -2.39. The molecule has 0 aliphatic carbocycles. The van der Waals surface area contributed by atoms with Gasteiger partial charge in [0.05, 0.1) is 6.04 Å². The third-order valence-electron chi connectivity index (χ3n) is 3.34. The van der Waals surface area contributed by atoms with Gasteiger partial charge in [0.25, 0.3) is 5.91 Å². The molecule has 0 unspecified atom stereocenters. The number of nitrogens with one attached hydrogen (secondary N) is 2. The average molecular weight is 382 g/mol. The third-order valence-corrected chi connectivity index (χ3v) is 3.34. The number of methoxy groups -OCH3 is 1. The summed E-state index contributed by atoms with van der Waals surface area (Å²) in [5.41, 5.74) is 5.87. The van der Waals surface area contributed by atoms with Crippen LogP contribution < -0.4 is 16.4 Å². The van der Waals surface area contributed by atoms with Crippen LogP contribution in [0.15, 0.2) is 30.3 Å². The molecule has 1 aromatic rings. The Morgan fingerprint density at radius 2 is 1.70 bits per heavy atom. The van der Waals surface area contributed by atoms with Gasteiger partial charge in [-0.25, -0.2) is 0 Å². The minimum atomic E-state index is -0.337. The van der Waals surface area contributed by atoms with Gasteiger partial charge in [-0.2, -0.15) is 0 Å². The van der Waals surface area contributed by atoms with E-state index < -0.39 is 0 Å². The maximum Gasteiger partial charge on any atom is 0.251 e. The molecular weight excluding hydrogens is 342 g/mol. The average Bonchev–Trinajstić information content (AvgIpc) is 2.66. The molecule has 0 spiro atoms. The van der Waals surface area contributed by atoms with Crippen LogP contribution in [0.3, 0.4) is 0 Å². The Balaban J connectivity index is 0. The van der Waals surface area contributed by atoms with Gasteiger partial charge in [-0.15, -0.1) is 0 Å². The van der Waals surface area contributed by atoms with Crippen molar-refractivity contribution in [3.05, 3.63) is 35.9 Å². The molecule has 2 amide bonds. The second kappa shape index (κ2) is 20.4. The van der Waals surface area contributed by atoms with Crippen LogP contribution in [0.5, 0.6) is 0 Å². The summed E-state index contributed by atoms with van der Waals surface area (Å²) in [6, 6.07) is 8.81. The van der Waals surface area contributed by atoms with Crippen molar-refractivity contribution in [3.63, 3.8) is 0 Å². The Bertz CT molecular complexity index is 465. The number of unbranched alkanes of at least 4 members (excludes halogenated alkanes) is 1. The normalized spacial score (nSPS) is 10.6. The Hall–Kier alpha value is -1.92. The van der Waals surface area contributed by atoms with Crippen LogP contribution in [0.2, 0.25) is 0 Å². The number of benzene rings is 1. The highest BCUT2D eigenvalue weighted by molar-refractivity contribution is 5.94. The molecule has 4 N–H and O–H groups in total. The number of primary amides is 1. The van der Waals surface area contributed by atoms with E-state index in [9.17, 15) is 9.59 Å². The molecule has 0 aromatic heterocycles. The number of ether oxygens (including phenoxy) is 1. The van der Waals surface area contributed by atoms with E-state index in [0.29, 0.717) is 18.5 Å². The molecule has 6 nitrogen and oxygen atoms in total. The fraction of sp³-hybridized carbons (Fsp3) is 0.619. The van der Waals surface area contributed by atoms with Crippen molar-refractivity contribution in [3.8, 4) is 0 Å². The lowest BCUT2D eigenvalue weighted by molar-refractivity contribution is -0.120. The molecule has 0 radical (unpaired) electrons. The smallest absolute Gasteiger partial charge is 0.251 e. The topological polar surface area (TPSA) is 93.4 Å². The highest BCUT2D eigenvalue weighted by Gasteiger charge is 2.11. The van der Waals surface area contributed by atoms with Crippen molar-refractivity contribution in [2.24, 2.45) is 5.73 Å². The maximum absolute atomic E-state index is 11.7. The molecule has 0 fully saturated rings. The number of nitrogens with two attached hydrogens (primary N) is 1. The van der Waals surface area contributed by atoms with Crippen molar-refractivity contribution in [2.75, 3.05) is 27.3 Å². The van der Waals surface area contributed by atoms with Crippen LogP contribution in [-0.4, -0.2) is 45.2 Å². The van der Waals surface area contributed by atoms with Crippen molar-refractivity contribution in [2.45, 2.75) is 58.9 Å². The number of rotatable bonds is 10. The zero-order chi connectivity index (χ0) is 20.9. The van der Waals surface area contributed by atoms with Gasteiger partial charge in [-0.1, -0.05) is 45.4 Å². The lowest BCUT2D eigenvalue weighted by atomic mass is 10.1. The number of carbonyl (C=O) groups is 2. The van der Waals surface area contributed by atoms with Gasteiger partial charge in [-0.05, 0) is 44.9 Å². The Morgan fingerprint density at radius 3 is 2.11 bits per heavy atom. The van der Waals surface area contributed by atoms with Crippen LogP contribution in [0, 0.1) is 0 Å². The summed E-state index contributed by atoms with van der Waals surface area (Å²) < 4.78 is 4.69. The van der Waals surface area contributed by atoms with E-state index in [0.717, 1.165) is 25.9 Å². The molecule has 27 heavy (non-hydrogen) atoms. The van der Waals surface area contributed by atoms with Crippen molar-refractivity contribution in [1.82, 2.24) is 10.6 Å². The highest BCUT2D eigenvalue weighted by Crippen LogP contribution is 2.01. The van der Waals surface area contributed by atoms with Crippen LogP contribution in [0.1, 0.15) is 63.2 Å². The Kier molecular flexibility index (Phi) is 20.6. The molecule has 0 aliphatic heterocycles. The van der Waals surface area contributed by atoms with Gasteiger partial charge in [-0.3, -0.25) is 9.59 Å². The standard InChI is InChI=1S/C14H21N3O2.C4H10O.C3H8/c1-16-12(13(15)18)9-5-6-10-17-14(19)11-7-3-2-4-8-11;1-3-4-5-2;1-3-2/h2-4,7-8,12,16H,5-6,9-10H2,1H3,(H2,15,18)(H,17,19);3-4H2,1-2H3;3H2,1-2H3/t12-;;/m0../s1. The number of hydrogen-bond acceptors (Lipinski definition) is 4. The van der Waals surface area contributed by atoms with Crippen molar-refractivity contribution in [1.29, 1.82) is 0 Å². The largest absolute Gasteiger partial charge is 0.385 e. The van der Waals surface area contributed by atoms with E-state index in [1.54, 1.807) is 26.3 Å². The van der Waals surface area contributed by atoms with E-state index in [4.69, 9.17) is 10.5 Å². The minimum absolute atomic E-state index is 0.0688. The van der Waals surface area contributed by atoms with Gasteiger partial charge in [0.1, 0.15) is 0 Å². The van der Waals surface area contributed by atoms with Crippen LogP contribution in [0.25, 0.3) is 0 Å². The molecule has 0 saturated heterocycles. The first-order valence-corrected chi connectivity index (χ1v) is 9.77. The van der Waals surface area contributed by atoms with Gasteiger partial charge < -0.3 is 21.1 Å². The van der Waals surface area contributed by atoms with E-state index in [1.165, 1.54) is 6.42 Å². The third kappa shape index (κ3) is 17.3. The highest BCUT2D eigenvalue weighted by atomic mass is 16.5. The second-order valence-corrected chi connectivity index (χ2v) is 6.06. The minimum Gasteiger partial charge on any atom is -0.385 e. The summed E-state index contributed by atoms with van der Waals surface area (Å²) in [5, 5.41) is 5.71. The lowest BCUT2D eigenvalue weighted by Gasteiger charge is -2.11. The second-order valence-electron chi connectivity index (χ2n) is 6.06. The summed E-state index contributed by atoms with van der Waals surface area (Å²) in [6.45, 7) is 7.83. The van der Waals surface area contributed by atoms with Gasteiger partial charge in [0, 0.05) is 25.8 Å². The van der Waals surface area contributed by atoms with Crippen LogP contribution in [0.4, 0.5) is 0 Å². The number of likely N-dealkylation sites (N-methyl/N-ethyl adjacent to an activating group) is 1. The molecule has 1 atom stereocenters. The fourth-order valence-corrected chi connectivity index (χ4v) is 2.00. The zero-order valence-corrected chi connectivity index (χ0v) is 17.7. The SMILES string of the molecule is CCC.CCCOC.CN[C@@H](CCCCNC(=O)c1ccccc1)C(N)=O. The molecule has 1 aromatic carbocycles. The maximum atomic E-state index is 11.7. The number of hydrogen-bond donors (Lipinski definition) is 3. The first-order valence-electron chi connectivity index (χ1n) is 9.77. The summed E-state index contributed by atoms with van der Waals surface area (Å²) in [4.78, 5) is 22.7. The van der Waals surface area contributed by atoms with Gasteiger partial charge in [0.15, 0.2) is 0 Å².